The number of benzene rings is 1. The molecular weight excluding hydrogens is 326 g/mol. The molecule has 1 fully saturated rings. The summed E-state index contributed by atoms with van der Waals surface area (Å²) in [6, 6.07) is 8.96. The number of H-pyrrole nitrogens is 1. The van der Waals surface area contributed by atoms with E-state index in [2.05, 4.69) is 10.2 Å². The topological polar surface area (TPSA) is 86.3 Å². The molecule has 1 saturated heterocycles. The third-order valence-electron chi connectivity index (χ3n) is 4.70. The maximum atomic E-state index is 12.9. The van der Waals surface area contributed by atoms with Gasteiger partial charge in [-0.15, -0.1) is 0 Å². The minimum absolute atomic E-state index is 0.324. The molecule has 0 atom stereocenters. The molecule has 7 heteroatoms. The minimum atomic E-state index is -3.51. The number of aromatic amines is 1. The largest absolute Gasteiger partial charge is 0.389 e. The number of nitrogens with zero attached hydrogens (tertiary/aromatic N) is 2. The molecule has 0 amide bonds. The average molecular weight is 349 g/mol. The van der Waals surface area contributed by atoms with E-state index in [0.29, 0.717) is 43.7 Å². The average Bonchev–Trinajstić information content (AvgIpc) is 3.07. The number of aliphatic hydroxyl groups is 1. The van der Waals surface area contributed by atoms with Gasteiger partial charge in [0, 0.05) is 31.4 Å². The summed E-state index contributed by atoms with van der Waals surface area (Å²) in [5.74, 6) is 0. The van der Waals surface area contributed by atoms with Gasteiger partial charge in [0.05, 0.1) is 10.5 Å². The van der Waals surface area contributed by atoms with Gasteiger partial charge in [0.25, 0.3) is 0 Å². The molecule has 0 bridgehead atoms. The zero-order valence-corrected chi connectivity index (χ0v) is 14.6. The van der Waals surface area contributed by atoms with Gasteiger partial charge in [-0.05, 0) is 37.0 Å². The Hall–Kier alpha value is -1.70. The third-order valence-corrected chi connectivity index (χ3v) is 6.70. The Morgan fingerprint density at radius 1 is 1.25 bits per heavy atom. The summed E-state index contributed by atoms with van der Waals surface area (Å²) in [5.41, 5.74) is 0.809. The van der Waals surface area contributed by atoms with Gasteiger partial charge >= 0.3 is 0 Å². The van der Waals surface area contributed by atoms with Crippen molar-refractivity contribution in [2.24, 2.45) is 0 Å². The van der Waals surface area contributed by atoms with Crippen molar-refractivity contribution >= 4 is 10.0 Å². The summed E-state index contributed by atoms with van der Waals surface area (Å²) < 4.78 is 27.3. The van der Waals surface area contributed by atoms with Gasteiger partial charge in [-0.25, -0.2) is 8.42 Å². The minimum Gasteiger partial charge on any atom is -0.389 e. The molecule has 1 aromatic heterocycles. The summed E-state index contributed by atoms with van der Waals surface area (Å²) in [5, 5.41) is 17.5. The van der Waals surface area contributed by atoms with Gasteiger partial charge in [-0.1, -0.05) is 25.1 Å². The summed E-state index contributed by atoms with van der Waals surface area (Å²) in [6.45, 7) is 2.60. The second-order valence-corrected chi connectivity index (χ2v) is 8.25. The normalized spacial score (nSPS) is 18.6. The number of sulfonamides is 1. The fourth-order valence-corrected chi connectivity index (χ4v) is 4.98. The molecule has 1 aliphatic heterocycles. The van der Waals surface area contributed by atoms with Crippen LogP contribution in [0.4, 0.5) is 0 Å². The quantitative estimate of drug-likeness (QED) is 0.861. The Morgan fingerprint density at radius 3 is 2.58 bits per heavy atom. The highest BCUT2D eigenvalue weighted by Crippen LogP contribution is 2.30. The molecular formula is C17H23N3O3S. The first-order valence-corrected chi connectivity index (χ1v) is 9.67. The third kappa shape index (κ3) is 3.38. The van der Waals surface area contributed by atoms with Gasteiger partial charge in [0.1, 0.15) is 0 Å². The highest BCUT2D eigenvalue weighted by molar-refractivity contribution is 7.89. The number of aromatic nitrogens is 2. The van der Waals surface area contributed by atoms with Crippen molar-refractivity contribution in [1.29, 1.82) is 0 Å². The molecule has 130 valence electrons. The predicted molar refractivity (Wildman–Crippen MR) is 91.1 cm³/mol. The van der Waals surface area contributed by atoms with Crippen molar-refractivity contribution in [2.45, 2.75) is 43.1 Å². The second-order valence-electron chi connectivity index (χ2n) is 6.35. The summed E-state index contributed by atoms with van der Waals surface area (Å²) in [4.78, 5) is 0.381. The molecule has 6 nitrogen and oxygen atoms in total. The lowest BCUT2D eigenvalue weighted by atomic mass is 9.88. The SMILES string of the molecule is CCc1ccccc1S(=O)(=O)N1CCC(O)(Cc2ccn[nH]2)CC1. The van der Waals surface area contributed by atoms with Crippen LogP contribution in [0.3, 0.4) is 0 Å². The summed E-state index contributed by atoms with van der Waals surface area (Å²) in [6.07, 6.45) is 3.62. The van der Waals surface area contributed by atoms with Crippen molar-refractivity contribution in [1.82, 2.24) is 14.5 Å². The van der Waals surface area contributed by atoms with Crippen molar-refractivity contribution in [3.8, 4) is 0 Å². The number of hydrogen-bond donors (Lipinski definition) is 2. The number of rotatable bonds is 5. The van der Waals surface area contributed by atoms with E-state index in [0.717, 1.165) is 11.3 Å². The first kappa shape index (κ1) is 17.1. The maximum Gasteiger partial charge on any atom is 0.243 e. The van der Waals surface area contributed by atoms with E-state index in [1.807, 2.05) is 25.1 Å². The van der Waals surface area contributed by atoms with Crippen LogP contribution in [0, 0.1) is 0 Å². The Balaban J connectivity index is 1.74. The van der Waals surface area contributed by atoms with E-state index in [1.54, 1.807) is 18.3 Å². The molecule has 1 aliphatic rings. The van der Waals surface area contributed by atoms with Gasteiger partial charge in [-0.2, -0.15) is 9.40 Å². The highest BCUT2D eigenvalue weighted by atomic mass is 32.2. The molecule has 2 N–H and O–H groups in total. The van der Waals surface area contributed by atoms with Crippen LogP contribution in [0.15, 0.2) is 41.4 Å². The lowest BCUT2D eigenvalue weighted by Gasteiger charge is -2.37. The maximum absolute atomic E-state index is 12.9. The lowest BCUT2D eigenvalue weighted by Crippen LogP contribution is -2.47. The number of hydrogen-bond acceptors (Lipinski definition) is 4. The monoisotopic (exact) mass is 349 g/mol. The summed E-state index contributed by atoms with van der Waals surface area (Å²) >= 11 is 0. The van der Waals surface area contributed by atoms with E-state index >= 15 is 0 Å². The number of piperidine rings is 1. The molecule has 2 heterocycles. The van der Waals surface area contributed by atoms with Crippen molar-refractivity contribution < 1.29 is 13.5 Å². The molecule has 24 heavy (non-hydrogen) atoms. The van der Waals surface area contributed by atoms with Crippen LogP contribution < -0.4 is 0 Å². The lowest BCUT2D eigenvalue weighted by molar-refractivity contribution is -0.00519. The number of aryl methyl sites for hydroxylation is 1. The van der Waals surface area contributed by atoms with Crippen LogP contribution in [0.5, 0.6) is 0 Å². The summed E-state index contributed by atoms with van der Waals surface area (Å²) in [7, 11) is -3.51. The van der Waals surface area contributed by atoms with Gasteiger partial charge in [0.2, 0.25) is 10.0 Å². The van der Waals surface area contributed by atoms with Crippen LogP contribution in [0.1, 0.15) is 31.0 Å². The van der Waals surface area contributed by atoms with Gasteiger partial charge < -0.3 is 5.11 Å². The molecule has 0 unspecified atom stereocenters. The second kappa shape index (κ2) is 6.66. The molecule has 0 saturated carbocycles. The standard InChI is InChI=1S/C17H23N3O3S/c1-2-14-5-3-4-6-16(14)24(22,23)20-11-8-17(21,9-12-20)13-15-7-10-18-19-15/h3-7,10,21H,2,8-9,11-13H2,1H3,(H,18,19). The van der Waals surface area contributed by atoms with Crippen LogP contribution >= 0.6 is 0 Å². The van der Waals surface area contributed by atoms with Crippen molar-refractivity contribution in [2.75, 3.05) is 13.1 Å². The predicted octanol–water partition coefficient (Wildman–Crippen LogP) is 1.73. The van der Waals surface area contributed by atoms with Crippen molar-refractivity contribution in [3.05, 3.63) is 47.8 Å². The Bertz CT molecular complexity index is 779. The van der Waals surface area contributed by atoms with Gasteiger partial charge in [0.15, 0.2) is 0 Å². The Morgan fingerprint density at radius 2 is 1.96 bits per heavy atom. The van der Waals surface area contributed by atoms with E-state index < -0.39 is 15.6 Å². The fourth-order valence-electron chi connectivity index (χ4n) is 3.24. The zero-order valence-electron chi connectivity index (χ0n) is 13.8. The molecule has 0 spiro atoms. The van der Waals surface area contributed by atoms with Crippen LogP contribution in [0.2, 0.25) is 0 Å². The smallest absolute Gasteiger partial charge is 0.243 e. The van der Waals surface area contributed by atoms with Crippen LogP contribution in [0.25, 0.3) is 0 Å². The fraction of sp³-hybridized carbons (Fsp3) is 0.471. The Labute approximate surface area is 142 Å². The van der Waals surface area contributed by atoms with E-state index in [-0.39, 0.29) is 0 Å². The van der Waals surface area contributed by atoms with Crippen molar-refractivity contribution in [3.63, 3.8) is 0 Å². The van der Waals surface area contributed by atoms with Crippen LogP contribution in [-0.4, -0.2) is 46.7 Å². The van der Waals surface area contributed by atoms with E-state index in [1.165, 1.54) is 4.31 Å². The highest BCUT2D eigenvalue weighted by Gasteiger charge is 2.37. The molecule has 0 radical (unpaired) electrons. The molecule has 0 aliphatic carbocycles. The van der Waals surface area contributed by atoms with Gasteiger partial charge in [-0.3, -0.25) is 5.10 Å². The first-order chi connectivity index (χ1) is 11.4. The molecule has 3 rings (SSSR count). The number of nitrogens with one attached hydrogen (secondary N) is 1. The van der Waals surface area contributed by atoms with E-state index in [9.17, 15) is 13.5 Å². The molecule has 1 aromatic carbocycles. The van der Waals surface area contributed by atoms with Crippen LogP contribution in [-0.2, 0) is 22.9 Å². The first-order valence-electron chi connectivity index (χ1n) is 8.23. The Kier molecular flexibility index (Phi) is 4.76. The van der Waals surface area contributed by atoms with E-state index in [4.69, 9.17) is 0 Å². The molecule has 2 aromatic rings. The zero-order chi connectivity index (χ0) is 17.2.